The van der Waals surface area contributed by atoms with E-state index >= 15 is 0 Å². The maximum Gasteiger partial charge on any atom is 0.251 e. The van der Waals surface area contributed by atoms with Crippen LogP contribution in [0.1, 0.15) is 28.8 Å². The van der Waals surface area contributed by atoms with Crippen molar-refractivity contribution in [1.82, 2.24) is 5.32 Å². The number of fused-ring (bicyclic) bond motifs is 1. The van der Waals surface area contributed by atoms with Crippen LogP contribution in [0.15, 0.2) is 18.2 Å². The standard InChI is InChI=1S/C14H16N2O3/c17-12(8-1-2-8)7-15-14(19)10-4-3-9-6-13(18)16-11(9)5-10/h3-5,8,12,17H,1-2,6-7H2,(H,15,19)(H,16,18). The second kappa shape index (κ2) is 4.66. The van der Waals surface area contributed by atoms with Gasteiger partial charge in [-0.05, 0) is 36.5 Å². The first kappa shape index (κ1) is 12.2. The van der Waals surface area contributed by atoms with Gasteiger partial charge in [-0.3, -0.25) is 9.59 Å². The summed E-state index contributed by atoms with van der Waals surface area (Å²) < 4.78 is 0. The minimum Gasteiger partial charge on any atom is -0.391 e. The average Bonchev–Trinajstić information content (AvgIpc) is 3.16. The molecule has 1 saturated carbocycles. The largest absolute Gasteiger partial charge is 0.391 e. The van der Waals surface area contributed by atoms with Crippen molar-refractivity contribution in [2.75, 3.05) is 11.9 Å². The van der Waals surface area contributed by atoms with Crippen molar-refractivity contribution in [2.24, 2.45) is 5.92 Å². The van der Waals surface area contributed by atoms with Crippen molar-refractivity contribution in [3.63, 3.8) is 0 Å². The Morgan fingerprint density at radius 2 is 2.26 bits per heavy atom. The molecular formula is C14H16N2O3. The van der Waals surface area contributed by atoms with Gasteiger partial charge in [0.25, 0.3) is 5.91 Å². The fourth-order valence-electron chi connectivity index (χ4n) is 2.30. The maximum absolute atomic E-state index is 11.9. The minimum atomic E-state index is -0.446. The first-order valence-corrected chi connectivity index (χ1v) is 6.52. The lowest BCUT2D eigenvalue weighted by Gasteiger charge is -2.11. The molecule has 0 bridgehead atoms. The molecule has 1 aromatic carbocycles. The van der Waals surface area contributed by atoms with Crippen LogP contribution >= 0.6 is 0 Å². The summed E-state index contributed by atoms with van der Waals surface area (Å²) in [5.74, 6) is 0.0833. The molecule has 0 radical (unpaired) electrons. The zero-order valence-corrected chi connectivity index (χ0v) is 10.5. The van der Waals surface area contributed by atoms with Gasteiger partial charge in [-0.25, -0.2) is 0 Å². The summed E-state index contributed by atoms with van der Waals surface area (Å²) in [5, 5.41) is 15.1. The predicted molar refractivity (Wildman–Crippen MR) is 69.8 cm³/mol. The zero-order valence-electron chi connectivity index (χ0n) is 10.5. The van der Waals surface area contributed by atoms with Gasteiger partial charge < -0.3 is 15.7 Å². The quantitative estimate of drug-likeness (QED) is 0.745. The van der Waals surface area contributed by atoms with E-state index in [4.69, 9.17) is 0 Å². The van der Waals surface area contributed by atoms with Gasteiger partial charge in [0.1, 0.15) is 0 Å². The molecule has 1 atom stereocenters. The van der Waals surface area contributed by atoms with E-state index < -0.39 is 6.10 Å². The molecule has 19 heavy (non-hydrogen) atoms. The van der Waals surface area contributed by atoms with Crippen molar-refractivity contribution >= 4 is 17.5 Å². The van der Waals surface area contributed by atoms with Gasteiger partial charge >= 0.3 is 0 Å². The second-order valence-electron chi connectivity index (χ2n) is 5.21. The number of aliphatic hydroxyl groups is 1. The highest BCUT2D eigenvalue weighted by Crippen LogP contribution is 2.32. The van der Waals surface area contributed by atoms with Crippen molar-refractivity contribution in [1.29, 1.82) is 0 Å². The van der Waals surface area contributed by atoms with Crippen LogP contribution in [0, 0.1) is 5.92 Å². The van der Waals surface area contributed by atoms with E-state index in [1.54, 1.807) is 18.2 Å². The molecule has 0 spiro atoms. The first-order chi connectivity index (χ1) is 9.13. The van der Waals surface area contributed by atoms with E-state index in [1.807, 2.05) is 0 Å². The maximum atomic E-state index is 11.9. The Hall–Kier alpha value is -1.88. The van der Waals surface area contributed by atoms with Gasteiger partial charge in [0.15, 0.2) is 0 Å². The molecule has 100 valence electrons. The van der Waals surface area contributed by atoms with Gasteiger partial charge in [0.05, 0.1) is 12.5 Å². The number of carbonyl (C=O) groups excluding carboxylic acids is 2. The molecule has 1 heterocycles. The third-order valence-corrected chi connectivity index (χ3v) is 3.64. The average molecular weight is 260 g/mol. The number of anilines is 1. The van der Waals surface area contributed by atoms with Crippen LogP contribution < -0.4 is 10.6 Å². The number of hydrogen-bond acceptors (Lipinski definition) is 3. The number of carbonyl (C=O) groups is 2. The molecule has 1 aliphatic carbocycles. The summed E-state index contributed by atoms with van der Waals surface area (Å²) in [4.78, 5) is 23.2. The van der Waals surface area contributed by atoms with Crippen molar-refractivity contribution < 1.29 is 14.7 Å². The summed E-state index contributed by atoms with van der Waals surface area (Å²) in [6, 6.07) is 5.18. The highest BCUT2D eigenvalue weighted by atomic mass is 16.3. The fourth-order valence-corrected chi connectivity index (χ4v) is 2.30. The topological polar surface area (TPSA) is 78.4 Å². The Morgan fingerprint density at radius 1 is 1.47 bits per heavy atom. The Kier molecular flexibility index (Phi) is 2.98. The molecule has 1 unspecified atom stereocenters. The Balaban J connectivity index is 1.63. The van der Waals surface area contributed by atoms with Crippen LogP contribution in [-0.4, -0.2) is 29.6 Å². The fraction of sp³-hybridized carbons (Fsp3) is 0.429. The van der Waals surface area contributed by atoms with Crippen molar-refractivity contribution in [3.8, 4) is 0 Å². The van der Waals surface area contributed by atoms with Crippen LogP contribution in [0.3, 0.4) is 0 Å². The third kappa shape index (κ3) is 2.61. The highest BCUT2D eigenvalue weighted by molar-refractivity contribution is 6.02. The van der Waals surface area contributed by atoms with Gasteiger partial charge in [-0.15, -0.1) is 0 Å². The summed E-state index contributed by atoms with van der Waals surface area (Å²) >= 11 is 0. The van der Waals surface area contributed by atoms with E-state index in [0.717, 1.165) is 18.4 Å². The second-order valence-corrected chi connectivity index (χ2v) is 5.21. The van der Waals surface area contributed by atoms with E-state index in [2.05, 4.69) is 10.6 Å². The minimum absolute atomic E-state index is 0.0447. The summed E-state index contributed by atoms with van der Waals surface area (Å²) in [7, 11) is 0. The number of benzene rings is 1. The molecule has 3 N–H and O–H groups in total. The van der Waals surface area contributed by atoms with E-state index in [1.165, 1.54) is 0 Å². The first-order valence-electron chi connectivity index (χ1n) is 6.52. The van der Waals surface area contributed by atoms with Crippen molar-refractivity contribution in [3.05, 3.63) is 29.3 Å². The van der Waals surface area contributed by atoms with Crippen LogP contribution in [0.4, 0.5) is 5.69 Å². The molecular weight excluding hydrogens is 244 g/mol. The molecule has 2 aliphatic rings. The number of aliphatic hydroxyl groups excluding tert-OH is 1. The summed E-state index contributed by atoms with van der Waals surface area (Å²) in [6.07, 6.45) is 2.01. The van der Waals surface area contributed by atoms with E-state index in [-0.39, 0.29) is 18.4 Å². The van der Waals surface area contributed by atoms with Gasteiger partial charge in [-0.1, -0.05) is 6.07 Å². The SMILES string of the molecule is O=C1Cc2ccc(C(=O)NCC(O)C3CC3)cc2N1. The summed E-state index contributed by atoms with van der Waals surface area (Å²) in [6.45, 7) is 0.285. The van der Waals surface area contributed by atoms with Gasteiger partial charge in [-0.2, -0.15) is 0 Å². The van der Waals surface area contributed by atoms with Crippen LogP contribution in [-0.2, 0) is 11.2 Å². The van der Waals surface area contributed by atoms with Gasteiger partial charge in [0, 0.05) is 17.8 Å². The Labute approximate surface area is 111 Å². The molecule has 0 aromatic heterocycles. The van der Waals surface area contributed by atoms with E-state index in [9.17, 15) is 14.7 Å². The zero-order chi connectivity index (χ0) is 13.4. The number of hydrogen-bond donors (Lipinski definition) is 3. The molecule has 5 nitrogen and oxygen atoms in total. The van der Waals surface area contributed by atoms with Crippen LogP contribution in [0.2, 0.25) is 0 Å². The highest BCUT2D eigenvalue weighted by Gasteiger charge is 2.29. The van der Waals surface area contributed by atoms with Crippen molar-refractivity contribution in [2.45, 2.75) is 25.4 Å². The Bertz CT molecular complexity index is 537. The lowest BCUT2D eigenvalue weighted by Crippen LogP contribution is -2.33. The Morgan fingerprint density at radius 3 is 3.00 bits per heavy atom. The van der Waals surface area contributed by atoms with Crippen LogP contribution in [0.5, 0.6) is 0 Å². The number of rotatable bonds is 4. The normalized spacial score (nSPS) is 18.7. The smallest absolute Gasteiger partial charge is 0.251 e. The molecule has 5 heteroatoms. The summed E-state index contributed by atoms with van der Waals surface area (Å²) in [5.41, 5.74) is 2.13. The van der Waals surface area contributed by atoms with E-state index in [0.29, 0.717) is 23.6 Å². The molecule has 2 amide bonds. The lowest BCUT2D eigenvalue weighted by atomic mass is 10.1. The molecule has 1 aromatic rings. The molecule has 1 aliphatic heterocycles. The number of nitrogens with one attached hydrogen (secondary N) is 2. The lowest BCUT2D eigenvalue weighted by molar-refractivity contribution is -0.115. The molecule has 1 fully saturated rings. The molecule has 3 rings (SSSR count). The van der Waals surface area contributed by atoms with Crippen LogP contribution in [0.25, 0.3) is 0 Å². The predicted octanol–water partition coefficient (Wildman–Crippen LogP) is 0.682. The number of amides is 2. The van der Waals surface area contributed by atoms with Gasteiger partial charge in [0.2, 0.25) is 5.91 Å². The molecule has 0 saturated heterocycles. The monoisotopic (exact) mass is 260 g/mol. The third-order valence-electron chi connectivity index (χ3n) is 3.64.